The van der Waals surface area contributed by atoms with Crippen molar-refractivity contribution in [1.82, 2.24) is 0 Å². The van der Waals surface area contributed by atoms with Crippen molar-refractivity contribution >= 4 is 17.2 Å². The topological polar surface area (TPSA) is 53.3 Å². The van der Waals surface area contributed by atoms with E-state index in [0.717, 1.165) is 36.1 Å². The number of rotatable bonds is 7. The Labute approximate surface area is 185 Å². The highest BCUT2D eigenvalue weighted by atomic mass is 16.1. The smallest absolute Gasteiger partial charge is 0.140 e. The second-order valence-corrected chi connectivity index (χ2v) is 8.49. The second-order valence-electron chi connectivity index (χ2n) is 8.49. The lowest BCUT2D eigenvalue weighted by atomic mass is 9.77. The van der Waals surface area contributed by atoms with E-state index >= 15 is 0 Å². The van der Waals surface area contributed by atoms with E-state index in [1.807, 2.05) is 52.1 Å². The molecule has 0 aliphatic heterocycles. The maximum atomic E-state index is 12.2. The third kappa shape index (κ3) is 7.81. The van der Waals surface area contributed by atoms with Crippen LogP contribution in [0.4, 0.5) is 0 Å². The summed E-state index contributed by atoms with van der Waals surface area (Å²) in [7, 11) is 1.88. The van der Waals surface area contributed by atoms with Crippen LogP contribution in [0.1, 0.15) is 97.1 Å². The fraction of sp³-hybridized carbons (Fsp3) is 0.667. The van der Waals surface area contributed by atoms with Crippen molar-refractivity contribution in [2.24, 2.45) is 22.7 Å². The number of carbonyl (C=O) groups is 1. The highest BCUT2D eigenvalue weighted by molar-refractivity contribution is 6.03. The molecule has 0 heterocycles. The lowest BCUT2D eigenvalue weighted by Gasteiger charge is -2.28. The molecule has 1 N–H and O–H groups in total. The molecule has 3 unspecified atom stereocenters. The molecule has 168 valence electrons. The Hall–Kier alpha value is -1.77. The number of benzene rings is 1. The van der Waals surface area contributed by atoms with Crippen LogP contribution in [-0.4, -0.2) is 24.3 Å². The summed E-state index contributed by atoms with van der Waals surface area (Å²) < 4.78 is 0. The predicted octanol–water partition coefficient (Wildman–Crippen LogP) is 7.31. The van der Waals surface area contributed by atoms with Gasteiger partial charge in [-0.25, -0.2) is 0 Å². The quantitative estimate of drug-likeness (QED) is 0.469. The Balaban J connectivity index is 0.00000218. The molecule has 1 aromatic rings. The van der Waals surface area contributed by atoms with Gasteiger partial charge < -0.3 is 5.41 Å². The SMILES string of the molecule is CC.CCC(C)C(=O)Cc1ccc(C(=N)C2CCCCCCCC2C(C)=NC)cc1. The third-order valence-corrected chi connectivity index (χ3v) is 6.58. The van der Waals surface area contributed by atoms with Crippen LogP contribution < -0.4 is 0 Å². The number of ketones is 1. The molecule has 0 aromatic heterocycles. The highest BCUT2D eigenvalue weighted by Gasteiger charge is 2.28. The van der Waals surface area contributed by atoms with Crippen molar-refractivity contribution < 1.29 is 4.79 Å². The summed E-state index contributed by atoms with van der Waals surface area (Å²) in [4.78, 5) is 16.7. The van der Waals surface area contributed by atoms with Gasteiger partial charge >= 0.3 is 0 Å². The van der Waals surface area contributed by atoms with E-state index in [9.17, 15) is 4.79 Å². The molecule has 0 radical (unpaired) electrons. The Morgan fingerprint density at radius 2 is 1.57 bits per heavy atom. The van der Waals surface area contributed by atoms with Crippen LogP contribution in [0.3, 0.4) is 0 Å². The Morgan fingerprint density at radius 3 is 2.10 bits per heavy atom. The van der Waals surface area contributed by atoms with E-state index in [1.165, 1.54) is 37.8 Å². The van der Waals surface area contributed by atoms with Crippen LogP contribution in [0.25, 0.3) is 0 Å². The van der Waals surface area contributed by atoms with Crippen molar-refractivity contribution in [3.05, 3.63) is 35.4 Å². The summed E-state index contributed by atoms with van der Waals surface area (Å²) in [6.07, 6.45) is 9.91. The molecular formula is C27H44N2O. The fourth-order valence-corrected chi connectivity index (χ4v) is 4.29. The van der Waals surface area contributed by atoms with Gasteiger partial charge in [-0.3, -0.25) is 9.79 Å². The van der Waals surface area contributed by atoms with E-state index in [1.54, 1.807) is 0 Å². The summed E-state index contributed by atoms with van der Waals surface area (Å²) in [5, 5.41) is 8.95. The molecule has 0 amide bonds. The van der Waals surface area contributed by atoms with E-state index in [4.69, 9.17) is 5.41 Å². The molecule has 0 saturated heterocycles. The first-order chi connectivity index (χ1) is 14.5. The fourth-order valence-electron chi connectivity index (χ4n) is 4.29. The van der Waals surface area contributed by atoms with Gasteiger partial charge in [0.1, 0.15) is 5.78 Å². The molecule has 1 aliphatic rings. The first-order valence-electron chi connectivity index (χ1n) is 12.1. The van der Waals surface area contributed by atoms with Gasteiger partial charge in [-0.1, -0.05) is 84.1 Å². The largest absolute Gasteiger partial charge is 0.304 e. The minimum Gasteiger partial charge on any atom is -0.304 e. The van der Waals surface area contributed by atoms with Crippen LogP contribution in [0.15, 0.2) is 29.3 Å². The van der Waals surface area contributed by atoms with Gasteiger partial charge in [-0.15, -0.1) is 0 Å². The van der Waals surface area contributed by atoms with Crippen molar-refractivity contribution in [1.29, 1.82) is 5.41 Å². The van der Waals surface area contributed by atoms with Crippen molar-refractivity contribution in [2.45, 2.75) is 92.4 Å². The van der Waals surface area contributed by atoms with E-state index in [2.05, 4.69) is 18.8 Å². The van der Waals surface area contributed by atoms with Gasteiger partial charge in [0.15, 0.2) is 0 Å². The molecule has 1 aromatic carbocycles. The number of nitrogens with zero attached hydrogens (tertiary/aromatic N) is 1. The normalized spacial score (nSPS) is 21.3. The number of hydrogen-bond donors (Lipinski definition) is 1. The molecule has 1 fully saturated rings. The van der Waals surface area contributed by atoms with Crippen LogP contribution in [-0.2, 0) is 11.2 Å². The average molecular weight is 413 g/mol. The molecule has 30 heavy (non-hydrogen) atoms. The van der Waals surface area contributed by atoms with E-state index in [-0.39, 0.29) is 11.8 Å². The minimum absolute atomic E-state index is 0.119. The van der Waals surface area contributed by atoms with Crippen LogP contribution in [0, 0.1) is 23.2 Å². The first-order valence-corrected chi connectivity index (χ1v) is 12.1. The lowest BCUT2D eigenvalue weighted by Crippen LogP contribution is -2.29. The molecule has 1 aliphatic carbocycles. The lowest BCUT2D eigenvalue weighted by molar-refractivity contribution is -0.121. The maximum Gasteiger partial charge on any atom is 0.140 e. The highest BCUT2D eigenvalue weighted by Crippen LogP contribution is 2.31. The number of hydrogen-bond acceptors (Lipinski definition) is 3. The second kappa shape index (κ2) is 14.3. The predicted molar refractivity (Wildman–Crippen MR) is 131 cm³/mol. The Kier molecular flexibility index (Phi) is 12.5. The van der Waals surface area contributed by atoms with Gasteiger partial charge in [0.25, 0.3) is 0 Å². The maximum absolute atomic E-state index is 12.2. The van der Waals surface area contributed by atoms with Gasteiger partial charge in [0.05, 0.1) is 0 Å². The zero-order valence-electron chi connectivity index (χ0n) is 20.3. The molecule has 3 atom stereocenters. The molecule has 3 heteroatoms. The van der Waals surface area contributed by atoms with Crippen molar-refractivity contribution in [2.75, 3.05) is 7.05 Å². The van der Waals surface area contributed by atoms with Gasteiger partial charge in [0.2, 0.25) is 0 Å². The number of aliphatic imine (C=N–C) groups is 1. The van der Waals surface area contributed by atoms with Gasteiger partial charge in [-0.2, -0.15) is 0 Å². The van der Waals surface area contributed by atoms with E-state index in [0.29, 0.717) is 18.1 Å². The number of Topliss-reactive ketones (excluding diaryl/α,β-unsaturated/α-hetero) is 1. The summed E-state index contributed by atoms with van der Waals surface area (Å²) in [6.45, 7) is 10.2. The van der Waals surface area contributed by atoms with Crippen LogP contribution in [0.2, 0.25) is 0 Å². The summed E-state index contributed by atoms with van der Waals surface area (Å²) in [6, 6.07) is 8.16. The zero-order valence-corrected chi connectivity index (χ0v) is 20.3. The van der Waals surface area contributed by atoms with Crippen molar-refractivity contribution in [3.8, 4) is 0 Å². The molecule has 2 rings (SSSR count). The summed E-state index contributed by atoms with van der Waals surface area (Å²) in [5.74, 6) is 1.04. The van der Waals surface area contributed by atoms with Crippen molar-refractivity contribution in [3.63, 3.8) is 0 Å². The standard InChI is InChI=1S/C25H38N2O.C2H6/c1-5-18(2)24(28)17-20-13-15-21(16-14-20)25(26)23-12-10-8-6-7-9-11-22(23)19(3)27-4;1-2/h13-16,18,22-23,26H,5-12,17H2,1-4H3;1-2H3. The Morgan fingerprint density at radius 1 is 1.03 bits per heavy atom. The van der Waals surface area contributed by atoms with Crippen LogP contribution >= 0.6 is 0 Å². The van der Waals surface area contributed by atoms with Gasteiger partial charge in [0, 0.05) is 42.6 Å². The third-order valence-electron chi connectivity index (χ3n) is 6.58. The zero-order chi connectivity index (χ0) is 22.5. The molecule has 0 bridgehead atoms. The number of nitrogens with one attached hydrogen (secondary N) is 1. The minimum atomic E-state index is 0.119. The first kappa shape index (κ1) is 26.3. The summed E-state index contributed by atoms with van der Waals surface area (Å²) in [5.41, 5.74) is 3.99. The molecule has 1 saturated carbocycles. The number of carbonyl (C=O) groups excluding carboxylic acids is 1. The van der Waals surface area contributed by atoms with Gasteiger partial charge in [-0.05, 0) is 37.3 Å². The molecular weight excluding hydrogens is 368 g/mol. The Bertz CT molecular complexity index is 675. The molecule has 0 spiro atoms. The summed E-state index contributed by atoms with van der Waals surface area (Å²) >= 11 is 0. The van der Waals surface area contributed by atoms with E-state index < -0.39 is 0 Å². The van der Waals surface area contributed by atoms with Crippen LogP contribution in [0.5, 0.6) is 0 Å². The monoisotopic (exact) mass is 412 g/mol. The average Bonchev–Trinajstić information content (AvgIpc) is 2.91. The molecule has 3 nitrogen and oxygen atoms in total.